The lowest BCUT2D eigenvalue weighted by Gasteiger charge is -2.06. The van der Waals surface area contributed by atoms with Gasteiger partial charge in [0.1, 0.15) is 12.3 Å². The van der Waals surface area contributed by atoms with Gasteiger partial charge in [0.05, 0.1) is 7.11 Å². The van der Waals surface area contributed by atoms with Crippen LogP contribution in [0.1, 0.15) is 5.82 Å². The van der Waals surface area contributed by atoms with Gasteiger partial charge in [0.25, 0.3) is 0 Å². The fourth-order valence-corrected chi connectivity index (χ4v) is 1.85. The lowest BCUT2D eigenvalue weighted by atomic mass is 10.3. The van der Waals surface area contributed by atoms with Crippen molar-refractivity contribution >= 4 is 11.6 Å². The van der Waals surface area contributed by atoms with Crippen LogP contribution in [-0.4, -0.2) is 27.4 Å². The van der Waals surface area contributed by atoms with Gasteiger partial charge in [-0.25, -0.2) is 9.48 Å². The molecule has 1 aromatic carbocycles. The lowest BCUT2D eigenvalue weighted by Crippen LogP contribution is -2.29. The van der Waals surface area contributed by atoms with Gasteiger partial charge in [0, 0.05) is 12.7 Å². The van der Waals surface area contributed by atoms with Crippen molar-refractivity contribution in [3.8, 4) is 5.75 Å². The second-order valence-electron chi connectivity index (χ2n) is 4.60. The molecule has 0 aliphatic heterocycles. The summed E-state index contributed by atoms with van der Waals surface area (Å²) in [5.41, 5.74) is -0.613. The first-order valence-electron chi connectivity index (χ1n) is 6.37. The molecule has 0 radical (unpaired) electrons. The molecule has 23 heavy (non-hydrogen) atoms. The number of nitrogens with one attached hydrogen (secondary N) is 1. The molecule has 2 rings (SSSR count). The van der Waals surface area contributed by atoms with Crippen molar-refractivity contribution in [1.82, 2.24) is 14.3 Å². The van der Waals surface area contributed by atoms with Crippen LogP contribution in [0.5, 0.6) is 5.75 Å². The number of hydrogen-bond acceptors (Lipinski definition) is 4. The number of amides is 1. The molecule has 0 saturated carbocycles. The summed E-state index contributed by atoms with van der Waals surface area (Å²) >= 11 is 0. The maximum atomic E-state index is 12.6. The molecule has 1 heterocycles. The number of methoxy groups -OCH3 is 1. The molecule has 0 atom stereocenters. The van der Waals surface area contributed by atoms with E-state index in [4.69, 9.17) is 4.74 Å². The van der Waals surface area contributed by atoms with Gasteiger partial charge in [-0.15, -0.1) is 5.10 Å². The molecule has 0 unspecified atom stereocenters. The lowest BCUT2D eigenvalue weighted by molar-refractivity contribution is -0.147. The number of benzene rings is 1. The normalized spacial score (nSPS) is 11.3. The summed E-state index contributed by atoms with van der Waals surface area (Å²) in [5, 5.41) is 5.60. The summed E-state index contributed by atoms with van der Waals surface area (Å²) in [7, 11) is 2.43. The van der Waals surface area contributed by atoms with Gasteiger partial charge in [0.15, 0.2) is 0 Å². The Labute approximate surface area is 128 Å². The second-order valence-corrected chi connectivity index (χ2v) is 4.60. The van der Waals surface area contributed by atoms with Crippen molar-refractivity contribution in [2.24, 2.45) is 7.05 Å². The third-order valence-electron chi connectivity index (χ3n) is 2.96. The molecule has 1 amide bonds. The Morgan fingerprint density at radius 2 is 1.91 bits per heavy atom. The maximum Gasteiger partial charge on any atom is 0.451 e. The first-order chi connectivity index (χ1) is 10.7. The molecule has 0 bridgehead atoms. The summed E-state index contributed by atoms with van der Waals surface area (Å²) in [6.07, 6.45) is -4.77. The highest BCUT2D eigenvalue weighted by molar-refractivity contribution is 5.90. The van der Waals surface area contributed by atoms with E-state index >= 15 is 0 Å². The number of carbonyl (C=O) groups excluding carboxylic acids is 1. The highest BCUT2D eigenvalue weighted by Crippen LogP contribution is 2.26. The van der Waals surface area contributed by atoms with E-state index in [1.165, 1.54) is 7.11 Å². The zero-order valence-corrected chi connectivity index (χ0v) is 12.2. The van der Waals surface area contributed by atoms with Crippen LogP contribution < -0.4 is 15.7 Å². The van der Waals surface area contributed by atoms with Crippen LogP contribution in [0.15, 0.2) is 29.1 Å². The second kappa shape index (κ2) is 6.15. The molecule has 124 valence electrons. The predicted molar refractivity (Wildman–Crippen MR) is 74.1 cm³/mol. The first kappa shape index (κ1) is 16.6. The van der Waals surface area contributed by atoms with Crippen molar-refractivity contribution < 1.29 is 22.7 Å². The van der Waals surface area contributed by atoms with Crippen LogP contribution in [0.3, 0.4) is 0 Å². The van der Waals surface area contributed by atoms with E-state index in [9.17, 15) is 22.8 Å². The van der Waals surface area contributed by atoms with Crippen LogP contribution in [-0.2, 0) is 24.6 Å². The first-order valence-corrected chi connectivity index (χ1v) is 6.37. The molecule has 10 heteroatoms. The molecule has 0 aliphatic carbocycles. The molecule has 2 aromatic rings. The van der Waals surface area contributed by atoms with Crippen molar-refractivity contribution in [2.75, 3.05) is 12.4 Å². The molecular formula is C13H13F3N4O3. The maximum absolute atomic E-state index is 12.6. The van der Waals surface area contributed by atoms with Gasteiger partial charge in [-0.2, -0.15) is 13.2 Å². The average molecular weight is 330 g/mol. The van der Waals surface area contributed by atoms with E-state index in [0.717, 1.165) is 7.05 Å². The predicted octanol–water partition coefficient (Wildman–Crippen LogP) is 1.25. The van der Waals surface area contributed by atoms with Gasteiger partial charge in [-0.3, -0.25) is 9.36 Å². The van der Waals surface area contributed by atoms with Crippen LogP contribution in [0, 0.1) is 0 Å². The number of halogens is 3. The Morgan fingerprint density at radius 1 is 1.30 bits per heavy atom. The van der Waals surface area contributed by atoms with Crippen molar-refractivity contribution in [3.63, 3.8) is 0 Å². The smallest absolute Gasteiger partial charge is 0.451 e. The van der Waals surface area contributed by atoms with E-state index in [1.807, 2.05) is 0 Å². The molecule has 7 nitrogen and oxygen atoms in total. The summed E-state index contributed by atoms with van der Waals surface area (Å²) in [6, 6.07) is 6.31. The summed E-state index contributed by atoms with van der Waals surface area (Å²) in [6.45, 7) is -0.630. The third-order valence-corrected chi connectivity index (χ3v) is 2.96. The number of nitrogens with zero attached hydrogens (tertiary/aromatic N) is 3. The van der Waals surface area contributed by atoms with Crippen molar-refractivity contribution in [1.29, 1.82) is 0 Å². The molecule has 0 spiro atoms. The average Bonchev–Trinajstić information content (AvgIpc) is 2.76. The summed E-state index contributed by atoms with van der Waals surface area (Å²) < 4.78 is 43.7. The van der Waals surface area contributed by atoms with E-state index in [2.05, 4.69) is 10.4 Å². The van der Waals surface area contributed by atoms with Crippen molar-refractivity contribution in [2.45, 2.75) is 12.7 Å². The molecule has 1 N–H and O–H groups in total. The largest absolute Gasteiger partial charge is 0.497 e. The van der Waals surface area contributed by atoms with Crippen molar-refractivity contribution in [3.05, 3.63) is 40.6 Å². The quantitative estimate of drug-likeness (QED) is 0.915. The van der Waals surface area contributed by atoms with E-state index in [-0.39, 0.29) is 0 Å². The molecule has 0 saturated heterocycles. The highest BCUT2D eigenvalue weighted by atomic mass is 19.4. The Balaban J connectivity index is 2.12. The number of carbonyl (C=O) groups is 1. The van der Waals surface area contributed by atoms with Crippen LogP contribution in [0.4, 0.5) is 18.9 Å². The number of alkyl halides is 3. The van der Waals surface area contributed by atoms with Gasteiger partial charge in [0.2, 0.25) is 11.7 Å². The number of hydrogen-bond donors (Lipinski definition) is 1. The molecule has 1 aromatic heterocycles. The zero-order chi connectivity index (χ0) is 17.2. The van der Waals surface area contributed by atoms with E-state index < -0.39 is 30.1 Å². The summed E-state index contributed by atoms with van der Waals surface area (Å²) in [5.74, 6) is -1.46. The third kappa shape index (κ3) is 3.71. The van der Waals surface area contributed by atoms with Gasteiger partial charge in [-0.1, -0.05) is 0 Å². The topological polar surface area (TPSA) is 78.2 Å². The van der Waals surface area contributed by atoms with Gasteiger partial charge >= 0.3 is 11.9 Å². The van der Waals surface area contributed by atoms with E-state index in [1.54, 1.807) is 24.3 Å². The van der Waals surface area contributed by atoms with Crippen LogP contribution >= 0.6 is 0 Å². The highest BCUT2D eigenvalue weighted by Gasteiger charge is 2.38. The molecule has 0 fully saturated rings. The monoisotopic (exact) mass is 330 g/mol. The standard InChI is InChI=1S/C13H13F3N4O3/c1-19-11(13(14,15)16)18-20(12(19)22)7-10(21)17-8-3-5-9(23-2)6-4-8/h3-6H,7H2,1-2H3,(H,17,21). The zero-order valence-electron chi connectivity index (χ0n) is 12.2. The Kier molecular flexibility index (Phi) is 4.43. The van der Waals surface area contributed by atoms with Gasteiger partial charge in [-0.05, 0) is 24.3 Å². The Bertz CT molecular complexity index is 762. The summed E-state index contributed by atoms with van der Waals surface area (Å²) in [4.78, 5) is 23.5. The molecular weight excluding hydrogens is 317 g/mol. The van der Waals surface area contributed by atoms with E-state index in [0.29, 0.717) is 20.7 Å². The Hall–Kier alpha value is -2.78. The SMILES string of the molecule is COc1ccc(NC(=O)Cn2nc(C(F)(F)F)n(C)c2=O)cc1. The number of aromatic nitrogens is 3. The van der Waals surface area contributed by atoms with Crippen LogP contribution in [0.25, 0.3) is 0 Å². The van der Waals surface area contributed by atoms with Crippen LogP contribution in [0.2, 0.25) is 0 Å². The number of anilines is 1. The number of rotatable bonds is 4. The van der Waals surface area contributed by atoms with Gasteiger partial charge < -0.3 is 10.1 Å². The fourth-order valence-electron chi connectivity index (χ4n) is 1.85. The Morgan fingerprint density at radius 3 is 2.39 bits per heavy atom. The minimum absolute atomic E-state index is 0.348. The fraction of sp³-hybridized carbons (Fsp3) is 0.308. The number of ether oxygens (including phenoxy) is 1. The molecule has 0 aliphatic rings. The minimum atomic E-state index is -4.77. The minimum Gasteiger partial charge on any atom is -0.497 e.